The summed E-state index contributed by atoms with van der Waals surface area (Å²) in [4.78, 5) is 4.08. The number of furan rings is 1. The lowest BCUT2D eigenvalue weighted by molar-refractivity contribution is 0.194. The van der Waals surface area contributed by atoms with Gasteiger partial charge >= 0.3 is 0 Å². The van der Waals surface area contributed by atoms with Crippen molar-refractivity contribution in [3.63, 3.8) is 0 Å². The van der Waals surface area contributed by atoms with Gasteiger partial charge in [0.15, 0.2) is 5.58 Å². The van der Waals surface area contributed by atoms with Gasteiger partial charge in [-0.25, -0.2) is 0 Å². The second kappa shape index (κ2) is 2.85. The Balaban J connectivity index is 2.61. The molecule has 0 spiro atoms. The van der Waals surface area contributed by atoms with Crippen molar-refractivity contribution in [2.75, 3.05) is 0 Å². The number of nitrogens with zero attached hydrogens (tertiary/aromatic N) is 1. The molecule has 3 heteroatoms. The van der Waals surface area contributed by atoms with Crippen LogP contribution < -0.4 is 0 Å². The molecule has 0 fully saturated rings. The first-order valence-corrected chi connectivity index (χ1v) is 4.21. The fraction of sp³-hybridized carbons (Fsp3) is 0.300. The number of aryl methyl sites for hydroxylation is 1. The van der Waals surface area contributed by atoms with E-state index in [1.807, 2.05) is 19.1 Å². The van der Waals surface area contributed by atoms with Gasteiger partial charge in [-0.05, 0) is 26.0 Å². The van der Waals surface area contributed by atoms with E-state index < -0.39 is 6.10 Å². The summed E-state index contributed by atoms with van der Waals surface area (Å²) in [5, 5.41) is 10.3. The highest BCUT2D eigenvalue weighted by molar-refractivity contribution is 5.77. The lowest BCUT2D eigenvalue weighted by Gasteiger charge is -2.01. The van der Waals surface area contributed by atoms with Gasteiger partial charge in [-0.2, -0.15) is 0 Å². The van der Waals surface area contributed by atoms with E-state index in [0.29, 0.717) is 5.69 Å². The second-order valence-corrected chi connectivity index (χ2v) is 3.18. The van der Waals surface area contributed by atoms with Gasteiger partial charge in [0.1, 0.15) is 5.76 Å². The highest BCUT2D eigenvalue weighted by atomic mass is 16.3. The smallest absolute Gasteiger partial charge is 0.152 e. The van der Waals surface area contributed by atoms with Gasteiger partial charge in [0.25, 0.3) is 0 Å². The Morgan fingerprint density at radius 2 is 2.23 bits per heavy atom. The van der Waals surface area contributed by atoms with Crippen molar-refractivity contribution in [3.8, 4) is 0 Å². The maximum absolute atomic E-state index is 9.30. The molecule has 0 saturated heterocycles. The number of hydrogen-bond acceptors (Lipinski definition) is 3. The van der Waals surface area contributed by atoms with Gasteiger partial charge in [0.2, 0.25) is 0 Å². The van der Waals surface area contributed by atoms with E-state index in [1.54, 1.807) is 13.1 Å². The molecule has 68 valence electrons. The highest BCUT2D eigenvalue weighted by Gasteiger charge is 2.05. The molecule has 0 aliphatic heterocycles. The van der Waals surface area contributed by atoms with Crippen molar-refractivity contribution >= 4 is 11.0 Å². The van der Waals surface area contributed by atoms with Crippen molar-refractivity contribution in [2.24, 2.45) is 0 Å². The Hall–Kier alpha value is -1.35. The lowest BCUT2D eigenvalue weighted by atomic mass is 10.2. The van der Waals surface area contributed by atoms with E-state index in [1.165, 1.54) is 0 Å². The second-order valence-electron chi connectivity index (χ2n) is 3.18. The third kappa shape index (κ3) is 1.42. The van der Waals surface area contributed by atoms with Crippen LogP contribution in [0.2, 0.25) is 0 Å². The number of aliphatic hydroxyl groups is 1. The minimum atomic E-state index is -0.528. The number of fused-ring (bicyclic) bond motifs is 1. The molecule has 13 heavy (non-hydrogen) atoms. The van der Waals surface area contributed by atoms with E-state index in [9.17, 15) is 5.11 Å². The van der Waals surface area contributed by atoms with E-state index in [2.05, 4.69) is 4.98 Å². The third-order valence-corrected chi connectivity index (χ3v) is 1.98. The fourth-order valence-electron chi connectivity index (χ4n) is 1.32. The predicted molar refractivity (Wildman–Crippen MR) is 49.4 cm³/mol. The van der Waals surface area contributed by atoms with Crippen molar-refractivity contribution in [1.29, 1.82) is 0 Å². The molecule has 3 nitrogen and oxygen atoms in total. The van der Waals surface area contributed by atoms with Crippen LogP contribution >= 0.6 is 0 Å². The van der Waals surface area contributed by atoms with Gasteiger partial charge in [0.05, 0.1) is 18.0 Å². The van der Waals surface area contributed by atoms with E-state index in [4.69, 9.17) is 4.42 Å². The molecular weight excluding hydrogens is 166 g/mol. The van der Waals surface area contributed by atoms with Crippen molar-refractivity contribution in [1.82, 2.24) is 4.98 Å². The Morgan fingerprint density at radius 3 is 2.92 bits per heavy atom. The molecule has 2 aromatic heterocycles. The Bertz CT molecular complexity index is 431. The first-order valence-electron chi connectivity index (χ1n) is 4.21. The largest absolute Gasteiger partial charge is 0.460 e. The quantitative estimate of drug-likeness (QED) is 0.726. The SMILES string of the molecule is Cc1cc2cc(C(C)O)ncc2o1. The maximum atomic E-state index is 9.30. The molecule has 0 aliphatic rings. The van der Waals surface area contributed by atoms with E-state index >= 15 is 0 Å². The summed E-state index contributed by atoms with van der Waals surface area (Å²) in [5.41, 5.74) is 1.44. The summed E-state index contributed by atoms with van der Waals surface area (Å²) in [7, 11) is 0. The lowest BCUT2D eigenvalue weighted by Crippen LogP contribution is -1.93. The number of aliphatic hydroxyl groups excluding tert-OH is 1. The molecule has 0 bridgehead atoms. The van der Waals surface area contributed by atoms with Crippen LogP contribution in [0.1, 0.15) is 24.5 Å². The summed E-state index contributed by atoms with van der Waals surface area (Å²) in [5.74, 6) is 0.861. The molecule has 0 aromatic carbocycles. The zero-order valence-electron chi connectivity index (χ0n) is 7.61. The van der Waals surface area contributed by atoms with Gasteiger partial charge in [-0.15, -0.1) is 0 Å². The van der Waals surface area contributed by atoms with Gasteiger partial charge in [0, 0.05) is 5.39 Å². The normalized spacial score (nSPS) is 13.5. The topological polar surface area (TPSA) is 46.3 Å². The van der Waals surface area contributed by atoms with Crippen LogP contribution in [-0.4, -0.2) is 10.1 Å². The summed E-state index contributed by atoms with van der Waals surface area (Å²) >= 11 is 0. The standard InChI is InChI=1S/C10H11NO2/c1-6-3-8-4-9(7(2)12)11-5-10(8)13-6/h3-5,7,12H,1-2H3. The van der Waals surface area contributed by atoms with Crippen LogP contribution in [0, 0.1) is 6.92 Å². The predicted octanol–water partition coefficient (Wildman–Crippen LogP) is 2.19. The molecule has 1 N–H and O–H groups in total. The van der Waals surface area contributed by atoms with Gasteiger partial charge in [-0.1, -0.05) is 0 Å². The average molecular weight is 177 g/mol. The monoisotopic (exact) mass is 177 g/mol. The fourth-order valence-corrected chi connectivity index (χ4v) is 1.32. The minimum Gasteiger partial charge on any atom is -0.460 e. The van der Waals surface area contributed by atoms with E-state index in [-0.39, 0.29) is 0 Å². The van der Waals surface area contributed by atoms with Crippen LogP contribution in [0.15, 0.2) is 22.7 Å². The first-order chi connectivity index (χ1) is 6.16. The average Bonchev–Trinajstić information content (AvgIpc) is 2.42. The molecule has 2 aromatic rings. The Labute approximate surface area is 76.0 Å². The zero-order valence-corrected chi connectivity index (χ0v) is 7.61. The van der Waals surface area contributed by atoms with Gasteiger partial charge in [-0.3, -0.25) is 4.98 Å². The molecule has 0 saturated carbocycles. The molecule has 2 rings (SSSR count). The maximum Gasteiger partial charge on any atom is 0.152 e. The summed E-state index contributed by atoms with van der Waals surface area (Å²) in [6.07, 6.45) is 1.12. The number of aromatic nitrogens is 1. The molecule has 0 amide bonds. The summed E-state index contributed by atoms with van der Waals surface area (Å²) in [6, 6.07) is 3.78. The molecule has 0 radical (unpaired) electrons. The Kier molecular flexibility index (Phi) is 1.81. The highest BCUT2D eigenvalue weighted by Crippen LogP contribution is 2.20. The number of hydrogen-bond donors (Lipinski definition) is 1. The van der Waals surface area contributed by atoms with Crippen molar-refractivity contribution in [2.45, 2.75) is 20.0 Å². The molecule has 1 unspecified atom stereocenters. The van der Waals surface area contributed by atoms with Crippen LogP contribution in [0.5, 0.6) is 0 Å². The van der Waals surface area contributed by atoms with Crippen LogP contribution in [0.4, 0.5) is 0 Å². The van der Waals surface area contributed by atoms with Crippen molar-refractivity contribution < 1.29 is 9.52 Å². The molecular formula is C10H11NO2. The minimum absolute atomic E-state index is 0.528. The first kappa shape index (κ1) is 8.26. The van der Waals surface area contributed by atoms with E-state index in [0.717, 1.165) is 16.7 Å². The Morgan fingerprint density at radius 1 is 1.46 bits per heavy atom. The molecule has 1 atom stereocenters. The summed E-state index contributed by atoms with van der Waals surface area (Å²) < 4.78 is 5.36. The van der Waals surface area contributed by atoms with Crippen LogP contribution in [0.25, 0.3) is 11.0 Å². The van der Waals surface area contributed by atoms with Crippen LogP contribution in [0.3, 0.4) is 0 Å². The zero-order chi connectivity index (χ0) is 9.42. The molecule has 2 heterocycles. The molecule has 0 aliphatic carbocycles. The third-order valence-electron chi connectivity index (χ3n) is 1.98. The summed E-state index contributed by atoms with van der Waals surface area (Å²) in [6.45, 7) is 3.59. The van der Waals surface area contributed by atoms with Crippen LogP contribution in [-0.2, 0) is 0 Å². The number of rotatable bonds is 1. The number of pyridine rings is 1. The van der Waals surface area contributed by atoms with Crippen molar-refractivity contribution in [3.05, 3.63) is 29.8 Å². The van der Waals surface area contributed by atoms with Gasteiger partial charge < -0.3 is 9.52 Å².